The first kappa shape index (κ1) is 15.3. The van der Waals surface area contributed by atoms with Gasteiger partial charge < -0.3 is 5.73 Å². The van der Waals surface area contributed by atoms with Crippen LogP contribution in [-0.2, 0) is 0 Å². The SMILES string of the molecule is Cl.Cl.NC(=O)c1ccc(Cl)cc1Cl. The van der Waals surface area contributed by atoms with Crippen LogP contribution in [0, 0.1) is 0 Å². The normalized spacial score (nSPS) is 8.15. The van der Waals surface area contributed by atoms with Crippen LogP contribution < -0.4 is 5.73 Å². The maximum atomic E-state index is 10.6. The van der Waals surface area contributed by atoms with Gasteiger partial charge in [-0.3, -0.25) is 4.79 Å². The summed E-state index contributed by atoms with van der Waals surface area (Å²) in [4.78, 5) is 10.6. The molecule has 13 heavy (non-hydrogen) atoms. The minimum absolute atomic E-state index is 0. The van der Waals surface area contributed by atoms with Crippen molar-refractivity contribution in [2.24, 2.45) is 5.73 Å². The van der Waals surface area contributed by atoms with Gasteiger partial charge in [-0.05, 0) is 18.2 Å². The third kappa shape index (κ3) is 4.05. The summed E-state index contributed by atoms with van der Waals surface area (Å²) in [5.41, 5.74) is 5.29. The van der Waals surface area contributed by atoms with E-state index in [1.54, 1.807) is 6.07 Å². The van der Waals surface area contributed by atoms with E-state index in [4.69, 9.17) is 28.9 Å². The van der Waals surface area contributed by atoms with E-state index in [1.165, 1.54) is 12.1 Å². The van der Waals surface area contributed by atoms with E-state index in [0.29, 0.717) is 5.02 Å². The Balaban J connectivity index is 0. The zero-order valence-electron chi connectivity index (χ0n) is 6.29. The van der Waals surface area contributed by atoms with Gasteiger partial charge in [0.05, 0.1) is 10.6 Å². The molecule has 74 valence electrons. The van der Waals surface area contributed by atoms with Crippen molar-refractivity contribution in [2.45, 2.75) is 0 Å². The Labute approximate surface area is 98.2 Å². The van der Waals surface area contributed by atoms with Gasteiger partial charge in [-0.25, -0.2) is 0 Å². The van der Waals surface area contributed by atoms with Crippen molar-refractivity contribution >= 4 is 53.9 Å². The summed E-state index contributed by atoms with van der Waals surface area (Å²) in [6.07, 6.45) is 0. The highest BCUT2D eigenvalue weighted by molar-refractivity contribution is 6.36. The molecule has 2 nitrogen and oxygen atoms in total. The van der Waals surface area contributed by atoms with Crippen molar-refractivity contribution in [1.29, 1.82) is 0 Å². The molecule has 2 N–H and O–H groups in total. The fourth-order valence-electron chi connectivity index (χ4n) is 0.689. The second kappa shape index (κ2) is 6.33. The summed E-state index contributed by atoms with van der Waals surface area (Å²) in [6.45, 7) is 0. The molecule has 0 heterocycles. The monoisotopic (exact) mass is 261 g/mol. The molecule has 6 heteroatoms. The van der Waals surface area contributed by atoms with Crippen LogP contribution >= 0.6 is 48.0 Å². The number of amides is 1. The number of carbonyl (C=O) groups is 1. The van der Waals surface area contributed by atoms with Crippen molar-refractivity contribution in [3.63, 3.8) is 0 Å². The molecule has 0 aromatic heterocycles. The number of benzene rings is 1. The number of nitrogens with two attached hydrogens (primary N) is 1. The lowest BCUT2D eigenvalue weighted by molar-refractivity contribution is 0.100. The molecule has 0 radical (unpaired) electrons. The summed E-state index contributed by atoms with van der Waals surface area (Å²) >= 11 is 11.2. The first-order chi connectivity index (χ1) is 5.11. The minimum Gasteiger partial charge on any atom is -0.366 e. The van der Waals surface area contributed by atoms with Crippen molar-refractivity contribution < 1.29 is 4.79 Å². The van der Waals surface area contributed by atoms with Gasteiger partial charge in [-0.1, -0.05) is 23.2 Å². The van der Waals surface area contributed by atoms with Crippen LogP contribution in [0.25, 0.3) is 0 Å². The molecule has 1 aromatic rings. The number of primary amides is 1. The smallest absolute Gasteiger partial charge is 0.250 e. The molecule has 0 aliphatic heterocycles. The van der Waals surface area contributed by atoms with Gasteiger partial charge in [0.1, 0.15) is 0 Å². The molecular formula is C7H7Cl4NO. The van der Waals surface area contributed by atoms with Crippen LogP contribution in [0.2, 0.25) is 10.0 Å². The van der Waals surface area contributed by atoms with E-state index >= 15 is 0 Å². The molecule has 0 saturated heterocycles. The fourth-order valence-corrected chi connectivity index (χ4v) is 1.19. The largest absolute Gasteiger partial charge is 0.366 e. The third-order valence-corrected chi connectivity index (χ3v) is 1.74. The van der Waals surface area contributed by atoms with Gasteiger partial charge in [0, 0.05) is 5.02 Å². The summed E-state index contributed by atoms with van der Waals surface area (Å²) in [5, 5.41) is 0.769. The van der Waals surface area contributed by atoms with Crippen LogP contribution in [-0.4, -0.2) is 5.91 Å². The van der Waals surface area contributed by atoms with Gasteiger partial charge >= 0.3 is 0 Å². The molecule has 0 aliphatic rings. The highest BCUT2D eigenvalue weighted by Crippen LogP contribution is 2.19. The quantitative estimate of drug-likeness (QED) is 0.831. The van der Waals surface area contributed by atoms with Crippen molar-refractivity contribution in [3.05, 3.63) is 33.8 Å². The van der Waals surface area contributed by atoms with Gasteiger partial charge in [0.25, 0.3) is 0 Å². The number of hydrogen-bond donors (Lipinski definition) is 1. The molecule has 0 atom stereocenters. The van der Waals surface area contributed by atoms with Crippen LogP contribution in [0.4, 0.5) is 0 Å². The molecular weight excluding hydrogens is 256 g/mol. The molecule has 0 saturated carbocycles. The molecule has 1 amide bonds. The molecule has 0 fully saturated rings. The first-order valence-electron chi connectivity index (χ1n) is 2.86. The molecule has 1 rings (SSSR count). The van der Waals surface area contributed by atoms with E-state index in [1.807, 2.05) is 0 Å². The Bertz CT molecular complexity index is 303. The van der Waals surface area contributed by atoms with Crippen LogP contribution in [0.15, 0.2) is 18.2 Å². The van der Waals surface area contributed by atoms with Crippen molar-refractivity contribution in [2.75, 3.05) is 0 Å². The third-order valence-electron chi connectivity index (χ3n) is 1.20. The summed E-state index contributed by atoms with van der Waals surface area (Å²) < 4.78 is 0. The predicted molar refractivity (Wildman–Crippen MR) is 59.5 cm³/mol. The number of hydrogen-bond acceptors (Lipinski definition) is 1. The summed E-state index contributed by atoms with van der Waals surface area (Å²) in [7, 11) is 0. The minimum atomic E-state index is -0.549. The zero-order chi connectivity index (χ0) is 8.43. The maximum Gasteiger partial charge on any atom is 0.250 e. The topological polar surface area (TPSA) is 43.1 Å². The van der Waals surface area contributed by atoms with E-state index in [9.17, 15) is 4.79 Å². The Kier molecular flexibility index (Phi) is 7.46. The number of carbonyl (C=O) groups excluding carboxylic acids is 1. The summed E-state index contributed by atoms with van der Waals surface area (Å²) in [6, 6.07) is 4.53. The van der Waals surface area contributed by atoms with E-state index < -0.39 is 5.91 Å². The van der Waals surface area contributed by atoms with E-state index in [-0.39, 0.29) is 35.4 Å². The Hall–Kier alpha value is -0.150. The fraction of sp³-hybridized carbons (Fsp3) is 0. The lowest BCUT2D eigenvalue weighted by Gasteiger charge is -1.97. The second-order valence-electron chi connectivity index (χ2n) is 1.99. The highest BCUT2D eigenvalue weighted by Gasteiger charge is 2.05. The Morgan fingerprint density at radius 1 is 1.23 bits per heavy atom. The van der Waals surface area contributed by atoms with Crippen LogP contribution in [0.3, 0.4) is 0 Å². The maximum absolute atomic E-state index is 10.6. The average Bonchev–Trinajstić information content (AvgIpc) is 1.85. The van der Waals surface area contributed by atoms with Gasteiger partial charge in [0.15, 0.2) is 0 Å². The summed E-state index contributed by atoms with van der Waals surface area (Å²) in [5.74, 6) is -0.549. The number of halogens is 4. The zero-order valence-corrected chi connectivity index (χ0v) is 9.43. The van der Waals surface area contributed by atoms with Gasteiger partial charge in [-0.2, -0.15) is 0 Å². The molecule has 0 bridgehead atoms. The molecule has 0 spiro atoms. The van der Waals surface area contributed by atoms with Crippen molar-refractivity contribution in [3.8, 4) is 0 Å². The Morgan fingerprint density at radius 3 is 2.15 bits per heavy atom. The lowest BCUT2D eigenvalue weighted by Crippen LogP contribution is -2.11. The standard InChI is InChI=1S/C7H5Cl2NO.2ClH/c8-4-1-2-5(7(10)11)6(9)3-4;;/h1-3H,(H2,10,11);2*1H. The molecule has 0 unspecified atom stereocenters. The number of rotatable bonds is 1. The van der Waals surface area contributed by atoms with Gasteiger partial charge in [0.2, 0.25) is 5.91 Å². The molecule has 0 aliphatic carbocycles. The van der Waals surface area contributed by atoms with Crippen molar-refractivity contribution in [1.82, 2.24) is 0 Å². The van der Waals surface area contributed by atoms with Gasteiger partial charge in [-0.15, -0.1) is 24.8 Å². The first-order valence-corrected chi connectivity index (χ1v) is 3.61. The van der Waals surface area contributed by atoms with E-state index in [2.05, 4.69) is 0 Å². The van der Waals surface area contributed by atoms with Crippen LogP contribution in [0.1, 0.15) is 10.4 Å². The average molecular weight is 263 g/mol. The predicted octanol–water partition coefficient (Wildman–Crippen LogP) is 2.94. The van der Waals surface area contributed by atoms with Crippen LogP contribution in [0.5, 0.6) is 0 Å². The second-order valence-corrected chi connectivity index (χ2v) is 2.83. The lowest BCUT2D eigenvalue weighted by atomic mass is 10.2. The van der Waals surface area contributed by atoms with E-state index in [0.717, 1.165) is 0 Å². The molecule has 1 aromatic carbocycles. The Morgan fingerprint density at radius 2 is 1.77 bits per heavy atom. The highest BCUT2D eigenvalue weighted by atomic mass is 35.5.